The minimum absolute atomic E-state index is 0.124. The van der Waals surface area contributed by atoms with E-state index in [2.05, 4.69) is 10.3 Å². The van der Waals surface area contributed by atoms with Crippen molar-refractivity contribution in [3.63, 3.8) is 0 Å². The molecule has 2 N–H and O–H groups in total. The van der Waals surface area contributed by atoms with E-state index in [-0.39, 0.29) is 24.8 Å². The molecule has 2 heterocycles. The van der Waals surface area contributed by atoms with Gasteiger partial charge < -0.3 is 14.8 Å². The molecule has 1 fully saturated rings. The van der Waals surface area contributed by atoms with Crippen molar-refractivity contribution < 1.29 is 9.59 Å². The van der Waals surface area contributed by atoms with E-state index in [0.29, 0.717) is 19.5 Å². The highest BCUT2D eigenvalue weighted by atomic mass is 16.2. The van der Waals surface area contributed by atoms with E-state index in [9.17, 15) is 19.2 Å². The second kappa shape index (κ2) is 8.48. The first kappa shape index (κ1) is 18.6. The number of carbonyl (C=O) groups excluding carboxylic acids is 2. The summed E-state index contributed by atoms with van der Waals surface area (Å²) in [7, 11) is 0. The Hall–Kier alpha value is -3.16. The number of aromatic amines is 1. The third-order valence-corrected chi connectivity index (χ3v) is 4.60. The Morgan fingerprint density at radius 1 is 1.11 bits per heavy atom. The number of benzene rings is 1. The molecule has 8 nitrogen and oxygen atoms in total. The molecule has 0 unspecified atom stereocenters. The molecule has 27 heavy (non-hydrogen) atoms. The summed E-state index contributed by atoms with van der Waals surface area (Å²) in [6, 6.07) is 8.96. The average molecular weight is 370 g/mol. The van der Waals surface area contributed by atoms with Crippen molar-refractivity contribution in [3.05, 3.63) is 68.5 Å². The lowest BCUT2D eigenvalue weighted by Gasteiger charge is -2.18. The molecule has 0 spiro atoms. The van der Waals surface area contributed by atoms with E-state index < -0.39 is 11.2 Å². The largest absolute Gasteiger partial charge is 0.352 e. The number of nitrogens with zero attached hydrogens (tertiary/aromatic N) is 2. The summed E-state index contributed by atoms with van der Waals surface area (Å²) in [5, 5.41) is 2.85. The van der Waals surface area contributed by atoms with Crippen LogP contribution in [0.4, 0.5) is 0 Å². The van der Waals surface area contributed by atoms with Crippen LogP contribution in [0, 0.1) is 0 Å². The van der Waals surface area contributed by atoms with Gasteiger partial charge in [-0.1, -0.05) is 24.3 Å². The Labute approximate surface area is 155 Å². The van der Waals surface area contributed by atoms with Gasteiger partial charge in [-0.2, -0.15) is 0 Å². The van der Waals surface area contributed by atoms with Gasteiger partial charge in [0.1, 0.15) is 0 Å². The van der Waals surface area contributed by atoms with Gasteiger partial charge in [0.25, 0.3) is 5.56 Å². The van der Waals surface area contributed by atoms with Crippen LogP contribution < -0.4 is 16.6 Å². The number of aryl methyl sites for hydroxylation is 1. The topological polar surface area (TPSA) is 104 Å². The minimum atomic E-state index is -0.532. The van der Waals surface area contributed by atoms with E-state index >= 15 is 0 Å². The molecule has 142 valence electrons. The van der Waals surface area contributed by atoms with E-state index in [4.69, 9.17) is 0 Å². The van der Waals surface area contributed by atoms with Gasteiger partial charge in [-0.3, -0.25) is 19.4 Å². The molecule has 2 amide bonds. The number of nitrogens with one attached hydrogen (secondary N) is 2. The van der Waals surface area contributed by atoms with Crippen LogP contribution in [0.3, 0.4) is 0 Å². The van der Waals surface area contributed by atoms with Crippen LogP contribution in [0.1, 0.15) is 30.4 Å². The average Bonchev–Trinajstić information content (AvgIpc) is 3.05. The highest BCUT2D eigenvalue weighted by Crippen LogP contribution is 2.17. The van der Waals surface area contributed by atoms with Gasteiger partial charge in [-0.15, -0.1) is 0 Å². The van der Waals surface area contributed by atoms with E-state index in [1.165, 1.54) is 16.8 Å². The van der Waals surface area contributed by atoms with Crippen molar-refractivity contribution in [2.45, 2.75) is 38.9 Å². The summed E-state index contributed by atoms with van der Waals surface area (Å²) in [4.78, 5) is 50.6. The summed E-state index contributed by atoms with van der Waals surface area (Å²) < 4.78 is 1.29. The number of aromatic nitrogens is 2. The molecular formula is C19H22N4O4. The van der Waals surface area contributed by atoms with Gasteiger partial charge in [-0.05, 0) is 17.5 Å². The third-order valence-electron chi connectivity index (χ3n) is 4.60. The number of likely N-dealkylation sites (tertiary alicyclic amines) is 1. The quantitative estimate of drug-likeness (QED) is 0.734. The molecule has 0 atom stereocenters. The van der Waals surface area contributed by atoms with Crippen molar-refractivity contribution in [1.29, 1.82) is 0 Å². The Morgan fingerprint density at radius 3 is 2.59 bits per heavy atom. The van der Waals surface area contributed by atoms with E-state index in [0.717, 1.165) is 24.1 Å². The fraction of sp³-hybridized carbons (Fsp3) is 0.368. The van der Waals surface area contributed by atoms with Crippen molar-refractivity contribution >= 4 is 11.8 Å². The minimum Gasteiger partial charge on any atom is -0.352 e. The summed E-state index contributed by atoms with van der Waals surface area (Å²) in [6.07, 6.45) is 2.99. The van der Waals surface area contributed by atoms with Crippen molar-refractivity contribution in [3.8, 4) is 0 Å². The van der Waals surface area contributed by atoms with Gasteiger partial charge in [0.2, 0.25) is 11.8 Å². The van der Waals surface area contributed by atoms with Crippen LogP contribution in [-0.2, 0) is 29.2 Å². The number of hydrogen-bond acceptors (Lipinski definition) is 4. The van der Waals surface area contributed by atoms with Crippen LogP contribution in [0.25, 0.3) is 0 Å². The lowest BCUT2D eigenvalue weighted by molar-refractivity contribution is -0.128. The zero-order chi connectivity index (χ0) is 19.2. The van der Waals surface area contributed by atoms with Gasteiger partial charge in [0, 0.05) is 51.3 Å². The fourth-order valence-electron chi connectivity index (χ4n) is 3.09. The molecule has 1 aromatic heterocycles. The monoisotopic (exact) mass is 370 g/mol. The zero-order valence-electron chi connectivity index (χ0n) is 14.9. The van der Waals surface area contributed by atoms with Crippen molar-refractivity contribution in [2.24, 2.45) is 0 Å². The molecule has 0 radical (unpaired) electrons. The zero-order valence-corrected chi connectivity index (χ0v) is 14.9. The molecule has 0 bridgehead atoms. The maximum Gasteiger partial charge on any atom is 0.328 e. The molecular weight excluding hydrogens is 348 g/mol. The molecule has 0 aliphatic carbocycles. The molecule has 1 saturated heterocycles. The van der Waals surface area contributed by atoms with Crippen LogP contribution in [0.5, 0.6) is 0 Å². The SMILES string of the molecule is O=C(CCn1ccc(=O)[nH]c1=O)NCc1ccccc1CN1CCCC1=O. The number of amides is 2. The van der Waals surface area contributed by atoms with E-state index in [1.807, 2.05) is 29.2 Å². The highest BCUT2D eigenvalue weighted by Gasteiger charge is 2.20. The number of H-pyrrole nitrogens is 1. The van der Waals surface area contributed by atoms with E-state index in [1.54, 1.807) is 0 Å². The van der Waals surface area contributed by atoms with Gasteiger partial charge in [0.05, 0.1) is 0 Å². The van der Waals surface area contributed by atoms with Gasteiger partial charge >= 0.3 is 5.69 Å². The Morgan fingerprint density at radius 2 is 1.89 bits per heavy atom. The van der Waals surface area contributed by atoms with Crippen molar-refractivity contribution in [1.82, 2.24) is 19.8 Å². The molecule has 3 rings (SSSR count). The normalized spacial score (nSPS) is 13.8. The van der Waals surface area contributed by atoms with Crippen LogP contribution in [0.15, 0.2) is 46.1 Å². The fourth-order valence-corrected chi connectivity index (χ4v) is 3.09. The van der Waals surface area contributed by atoms with Gasteiger partial charge in [-0.25, -0.2) is 4.79 Å². The van der Waals surface area contributed by atoms with Crippen molar-refractivity contribution in [2.75, 3.05) is 6.54 Å². The van der Waals surface area contributed by atoms with Gasteiger partial charge in [0.15, 0.2) is 0 Å². The van der Waals surface area contributed by atoms with Crippen LogP contribution >= 0.6 is 0 Å². The summed E-state index contributed by atoms with van der Waals surface area (Å²) >= 11 is 0. The Kier molecular flexibility index (Phi) is 5.85. The first-order chi connectivity index (χ1) is 13.0. The smallest absolute Gasteiger partial charge is 0.328 e. The van der Waals surface area contributed by atoms with Crippen LogP contribution in [0.2, 0.25) is 0 Å². The lowest BCUT2D eigenvalue weighted by Crippen LogP contribution is -2.31. The molecule has 2 aromatic rings. The lowest BCUT2D eigenvalue weighted by atomic mass is 10.1. The first-order valence-electron chi connectivity index (χ1n) is 8.94. The summed E-state index contributed by atoms with van der Waals surface area (Å²) in [5.74, 6) is -0.0275. The second-order valence-corrected chi connectivity index (χ2v) is 6.52. The first-order valence-corrected chi connectivity index (χ1v) is 8.94. The third kappa shape index (κ3) is 4.93. The summed E-state index contributed by atoms with van der Waals surface area (Å²) in [5.41, 5.74) is 0.987. The Bertz CT molecular complexity index is 947. The second-order valence-electron chi connectivity index (χ2n) is 6.52. The number of hydrogen-bond donors (Lipinski definition) is 2. The number of rotatable bonds is 7. The molecule has 1 aromatic carbocycles. The standard InChI is InChI=1S/C19H22N4O4/c24-16(7-10-22-11-8-17(25)21-19(22)27)20-12-14-4-1-2-5-15(14)13-23-9-3-6-18(23)26/h1-2,4-5,8,11H,3,6-7,9-10,12-13H2,(H,20,24)(H,21,25,27). The predicted octanol–water partition coefficient (Wildman–Crippen LogP) is 0.365. The molecule has 8 heteroatoms. The molecule has 0 saturated carbocycles. The highest BCUT2D eigenvalue weighted by molar-refractivity contribution is 5.78. The van der Waals surface area contributed by atoms with Crippen LogP contribution in [-0.4, -0.2) is 32.8 Å². The number of carbonyl (C=O) groups is 2. The Balaban J connectivity index is 1.55. The molecule has 1 aliphatic heterocycles. The summed E-state index contributed by atoms with van der Waals surface area (Å²) in [6.45, 7) is 1.87. The maximum atomic E-state index is 12.1. The predicted molar refractivity (Wildman–Crippen MR) is 98.9 cm³/mol. The molecule has 1 aliphatic rings. The maximum absolute atomic E-state index is 12.1.